The van der Waals surface area contributed by atoms with Gasteiger partial charge in [-0.15, -0.1) is 5.06 Å². The molecule has 0 unspecified atom stereocenters. The van der Waals surface area contributed by atoms with Crippen molar-refractivity contribution in [2.45, 2.75) is 32.1 Å². The van der Waals surface area contributed by atoms with Gasteiger partial charge in [-0.05, 0) is 25.0 Å². The van der Waals surface area contributed by atoms with Crippen LogP contribution in [0.2, 0.25) is 0 Å². The van der Waals surface area contributed by atoms with Crippen LogP contribution < -0.4 is 0 Å². The zero-order chi connectivity index (χ0) is 17.4. The predicted octanol–water partition coefficient (Wildman–Crippen LogP) is 2.73. The highest BCUT2D eigenvalue weighted by molar-refractivity contribution is 8.13. The number of hydroxylamine groups is 2. The van der Waals surface area contributed by atoms with E-state index < -0.39 is 26.3 Å². The number of amides is 2. The van der Waals surface area contributed by atoms with Crippen molar-refractivity contribution in [2.24, 2.45) is 5.41 Å². The van der Waals surface area contributed by atoms with E-state index in [4.69, 9.17) is 15.5 Å². The molecule has 0 saturated heterocycles. The zero-order valence-corrected chi connectivity index (χ0v) is 14.6. The number of nitrogens with zero attached hydrogens (tertiary/aromatic N) is 1. The van der Waals surface area contributed by atoms with Gasteiger partial charge in [0, 0.05) is 16.1 Å². The van der Waals surface area contributed by atoms with Gasteiger partial charge < -0.3 is 0 Å². The lowest BCUT2D eigenvalue weighted by atomic mass is 9.76. The van der Waals surface area contributed by atoms with Crippen LogP contribution in [-0.2, 0) is 13.9 Å². The van der Waals surface area contributed by atoms with Crippen LogP contribution in [0.3, 0.4) is 0 Å². The first-order valence-corrected chi connectivity index (χ1v) is 10.3. The van der Waals surface area contributed by atoms with E-state index in [1.54, 1.807) is 24.3 Å². The number of carbonyl (C=O) groups excluding carboxylic acids is 2. The molecule has 24 heavy (non-hydrogen) atoms. The largest absolute Gasteiger partial charge is 0.285 e. The summed E-state index contributed by atoms with van der Waals surface area (Å²) in [5, 5.41) is 0.738. The average Bonchev–Trinajstić information content (AvgIpc) is 2.77. The Balaban J connectivity index is 1.76. The van der Waals surface area contributed by atoms with E-state index in [0.717, 1.165) is 24.3 Å². The molecule has 1 aliphatic heterocycles. The standard InChI is InChI=1S/C16H18ClNO5S/c17-24(21,22)11-16(8-4-1-5-9-16)10-23-18-14(19)12-6-2-3-7-13(12)15(18)20/h2-3,6-7H,1,4-5,8-11H2. The SMILES string of the molecule is O=C1c2ccccc2C(=O)N1OCC1(CS(=O)(=O)Cl)CCCCC1. The van der Waals surface area contributed by atoms with Crippen molar-refractivity contribution >= 4 is 31.5 Å². The van der Waals surface area contributed by atoms with Gasteiger partial charge in [0.05, 0.1) is 23.5 Å². The lowest BCUT2D eigenvalue weighted by Gasteiger charge is -2.36. The van der Waals surface area contributed by atoms with Crippen molar-refractivity contribution in [2.75, 3.05) is 12.4 Å². The third kappa shape index (κ3) is 3.48. The quantitative estimate of drug-likeness (QED) is 0.587. The fourth-order valence-electron chi connectivity index (χ4n) is 3.48. The molecule has 0 aromatic heterocycles. The molecule has 0 atom stereocenters. The summed E-state index contributed by atoms with van der Waals surface area (Å²) >= 11 is 0. The molecular weight excluding hydrogens is 354 g/mol. The number of fused-ring (bicyclic) bond motifs is 1. The number of benzene rings is 1. The van der Waals surface area contributed by atoms with E-state index in [2.05, 4.69) is 0 Å². The van der Waals surface area contributed by atoms with Crippen LogP contribution in [0.15, 0.2) is 24.3 Å². The minimum Gasteiger partial charge on any atom is -0.266 e. The van der Waals surface area contributed by atoms with E-state index in [0.29, 0.717) is 24.0 Å². The Kier molecular flexibility index (Phi) is 4.68. The summed E-state index contributed by atoms with van der Waals surface area (Å²) in [6.07, 6.45) is 4.05. The van der Waals surface area contributed by atoms with E-state index in [9.17, 15) is 18.0 Å². The molecule has 130 valence electrons. The van der Waals surface area contributed by atoms with Crippen molar-refractivity contribution in [1.82, 2.24) is 5.06 Å². The van der Waals surface area contributed by atoms with E-state index in [1.165, 1.54) is 0 Å². The fraction of sp³-hybridized carbons (Fsp3) is 0.500. The summed E-state index contributed by atoms with van der Waals surface area (Å²) in [6.45, 7) is -0.0234. The summed E-state index contributed by atoms with van der Waals surface area (Å²) < 4.78 is 23.1. The molecule has 1 aliphatic carbocycles. The predicted molar refractivity (Wildman–Crippen MR) is 88.1 cm³/mol. The molecule has 6 nitrogen and oxygen atoms in total. The summed E-state index contributed by atoms with van der Waals surface area (Å²) in [4.78, 5) is 30.1. The van der Waals surface area contributed by atoms with Crippen LogP contribution in [0.5, 0.6) is 0 Å². The summed E-state index contributed by atoms with van der Waals surface area (Å²) in [5.74, 6) is -1.25. The van der Waals surface area contributed by atoms with Gasteiger partial charge in [0.2, 0.25) is 9.05 Å². The Bertz CT molecular complexity index is 735. The molecule has 3 rings (SSSR count). The average molecular weight is 372 g/mol. The molecule has 1 fully saturated rings. The van der Waals surface area contributed by atoms with Gasteiger partial charge in [-0.1, -0.05) is 31.4 Å². The first-order chi connectivity index (χ1) is 11.3. The number of hydrogen-bond donors (Lipinski definition) is 0. The second kappa shape index (κ2) is 6.46. The molecular formula is C16H18ClNO5S. The summed E-state index contributed by atoms with van der Waals surface area (Å²) in [5.41, 5.74) is -0.0657. The van der Waals surface area contributed by atoms with Crippen molar-refractivity contribution in [3.63, 3.8) is 0 Å². The Morgan fingerprint density at radius 2 is 1.58 bits per heavy atom. The van der Waals surface area contributed by atoms with E-state index in [1.807, 2.05) is 0 Å². The van der Waals surface area contributed by atoms with Crippen LogP contribution in [0.1, 0.15) is 52.8 Å². The first kappa shape index (κ1) is 17.4. The minimum atomic E-state index is -3.70. The first-order valence-electron chi connectivity index (χ1n) is 7.84. The topological polar surface area (TPSA) is 80.8 Å². The second-order valence-corrected chi connectivity index (χ2v) is 9.24. The lowest BCUT2D eigenvalue weighted by Crippen LogP contribution is -2.40. The molecule has 1 saturated carbocycles. The van der Waals surface area contributed by atoms with Gasteiger partial charge >= 0.3 is 0 Å². The van der Waals surface area contributed by atoms with Crippen molar-refractivity contribution < 1.29 is 22.8 Å². The molecule has 0 bridgehead atoms. The van der Waals surface area contributed by atoms with Crippen LogP contribution >= 0.6 is 10.7 Å². The third-order valence-electron chi connectivity index (χ3n) is 4.65. The van der Waals surface area contributed by atoms with Crippen LogP contribution in [-0.4, -0.2) is 37.7 Å². The highest BCUT2D eigenvalue weighted by Gasteiger charge is 2.41. The number of rotatable bonds is 5. The maximum absolute atomic E-state index is 12.3. The summed E-state index contributed by atoms with van der Waals surface area (Å²) in [7, 11) is 1.75. The molecule has 2 aliphatic rings. The van der Waals surface area contributed by atoms with Crippen molar-refractivity contribution in [3.05, 3.63) is 35.4 Å². The second-order valence-electron chi connectivity index (χ2n) is 6.47. The Morgan fingerprint density at radius 1 is 1.04 bits per heavy atom. The number of hydrogen-bond acceptors (Lipinski definition) is 5. The maximum Gasteiger partial charge on any atom is 0.285 e. The molecule has 8 heteroatoms. The smallest absolute Gasteiger partial charge is 0.266 e. The van der Waals surface area contributed by atoms with E-state index >= 15 is 0 Å². The Hall–Kier alpha value is -1.44. The highest BCUT2D eigenvalue weighted by atomic mass is 35.7. The molecule has 0 N–H and O–H groups in total. The van der Waals surface area contributed by atoms with Gasteiger partial charge in [0.15, 0.2) is 0 Å². The normalized spacial score (nSPS) is 20.3. The lowest BCUT2D eigenvalue weighted by molar-refractivity contribution is -0.122. The van der Waals surface area contributed by atoms with Gasteiger partial charge in [-0.2, -0.15) is 0 Å². The van der Waals surface area contributed by atoms with E-state index in [-0.39, 0.29) is 12.4 Å². The minimum absolute atomic E-state index is 0.0234. The molecule has 0 spiro atoms. The molecule has 1 aromatic rings. The van der Waals surface area contributed by atoms with Gasteiger partial charge in [-0.25, -0.2) is 8.42 Å². The van der Waals surface area contributed by atoms with Gasteiger partial charge in [-0.3, -0.25) is 14.4 Å². The van der Waals surface area contributed by atoms with Crippen LogP contribution in [0, 0.1) is 5.41 Å². The molecule has 1 aromatic carbocycles. The van der Waals surface area contributed by atoms with Crippen LogP contribution in [0.4, 0.5) is 0 Å². The van der Waals surface area contributed by atoms with Crippen LogP contribution in [0.25, 0.3) is 0 Å². The Labute approximate surface area is 145 Å². The molecule has 1 heterocycles. The molecule has 0 radical (unpaired) electrons. The Morgan fingerprint density at radius 3 is 2.08 bits per heavy atom. The number of halogens is 1. The highest BCUT2D eigenvalue weighted by Crippen LogP contribution is 2.39. The van der Waals surface area contributed by atoms with Crippen molar-refractivity contribution in [1.29, 1.82) is 0 Å². The summed E-state index contributed by atoms with van der Waals surface area (Å²) in [6, 6.07) is 6.49. The molecule has 2 amide bonds. The number of carbonyl (C=O) groups is 2. The number of imide groups is 1. The van der Waals surface area contributed by atoms with Gasteiger partial charge in [0.25, 0.3) is 11.8 Å². The van der Waals surface area contributed by atoms with Crippen molar-refractivity contribution in [3.8, 4) is 0 Å². The van der Waals surface area contributed by atoms with Gasteiger partial charge in [0.1, 0.15) is 0 Å². The zero-order valence-electron chi connectivity index (χ0n) is 13.0. The third-order valence-corrected chi connectivity index (χ3v) is 5.93. The monoisotopic (exact) mass is 371 g/mol. The fourth-order valence-corrected chi connectivity index (χ4v) is 5.28. The maximum atomic E-state index is 12.3.